The quantitative estimate of drug-likeness (QED) is 0.436. The molecule has 1 fully saturated rings. The van der Waals surface area contributed by atoms with Gasteiger partial charge in [0.25, 0.3) is 0 Å². The van der Waals surface area contributed by atoms with E-state index in [-0.39, 0.29) is 12.6 Å². The molecule has 34 heavy (non-hydrogen) atoms. The first-order valence-electron chi connectivity index (χ1n) is 11.7. The Morgan fingerprint density at radius 2 is 1.97 bits per heavy atom. The van der Waals surface area contributed by atoms with E-state index in [1.165, 1.54) is 0 Å². The number of aromatic nitrogens is 3. The Morgan fingerprint density at radius 3 is 2.68 bits per heavy atom. The lowest BCUT2D eigenvalue weighted by molar-refractivity contribution is 0.0904. The molecule has 0 saturated carbocycles. The van der Waals surface area contributed by atoms with Crippen molar-refractivity contribution in [3.63, 3.8) is 0 Å². The average Bonchev–Trinajstić information content (AvgIpc) is 3.18. The van der Waals surface area contributed by atoms with E-state index in [4.69, 9.17) is 24.0 Å². The maximum absolute atomic E-state index is 9.97. The number of benzene rings is 1. The summed E-state index contributed by atoms with van der Waals surface area (Å²) in [4.78, 5) is 9.84. The van der Waals surface area contributed by atoms with E-state index in [1.54, 1.807) is 7.05 Å². The number of ether oxygens (including phenoxy) is 2. The van der Waals surface area contributed by atoms with Crippen LogP contribution < -0.4 is 15.4 Å². The molecule has 9 heteroatoms. The maximum Gasteiger partial charge on any atom is 0.162 e. The average molecular weight is 468 g/mol. The van der Waals surface area contributed by atoms with Crippen LogP contribution in [-0.4, -0.2) is 65.8 Å². The first-order chi connectivity index (χ1) is 16.5. The summed E-state index contributed by atoms with van der Waals surface area (Å²) in [6, 6.07) is 7.90. The summed E-state index contributed by atoms with van der Waals surface area (Å²) < 4.78 is 16.7. The Hall–Kier alpha value is -3.01. The fraction of sp³-hybridized carbons (Fsp3) is 0.480. The van der Waals surface area contributed by atoms with E-state index in [0.29, 0.717) is 18.1 Å². The van der Waals surface area contributed by atoms with Crippen LogP contribution in [0, 0.1) is 20.8 Å². The molecule has 3 N–H and O–H groups in total. The lowest BCUT2D eigenvalue weighted by Crippen LogP contribution is -2.29. The Kier molecular flexibility index (Phi) is 7.77. The number of nitrogens with one attached hydrogen (secondary N) is 2. The minimum absolute atomic E-state index is 0.194. The van der Waals surface area contributed by atoms with E-state index >= 15 is 0 Å². The van der Waals surface area contributed by atoms with E-state index in [9.17, 15) is 5.11 Å². The van der Waals surface area contributed by atoms with Crippen LogP contribution in [0.5, 0.6) is 5.75 Å². The lowest BCUT2D eigenvalue weighted by atomic mass is 10.0. The van der Waals surface area contributed by atoms with Gasteiger partial charge in [-0.05, 0) is 52.8 Å². The number of anilines is 1. The molecule has 0 radical (unpaired) electrons. The van der Waals surface area contributed by atoms with E-state index < -0.39 is 6.10 Å². The molecule has 1 atom stereocenters. The lowest BCUT2D eigenvalue weighted by Gasteiger charge is -2.25. The van der Waals surface area contributed by atoms with Crippen molar-refractivity contribution >= 4 is 5.82 Å². The smallest absolute Gasteiger partial charge is 0.162 e. The third-order valence-corrected chi connectivity index (χ3v) is 5.95. The van der Waals surface area contributed by atoms with Gasteiger partial charge in [-0.2, -0.15) is 0 Å². The number of nitrogens with zero attached hydrogens (tertiary/aromatic N) is 3. The zero-order chi connectivity index (χ0) is 24.1. The molecular formula is C25H33N5O4. The molecule has 1 aliphatic rings. The minimum Gasteiger partial charge on any atom is -0.491 e. The van der Waals surface area contributed by atoms with Crippen LogP contribution in [0.25, 0.3) is 22.6 Å². The summed E-state index contributed by atoms with van der Waals surface area (Å²) in [5.41, 5.74) is 4.25. The number of aryl methyl sites for hydroxylation is 2. The van der Waals surface area contributed by atoms with Crippen LogP contribution in [0.15, 0.2) is 28.8 Å². The number of hydrogen-bond donors (Lipinski definition) is 3. The second-order valence-corrected chi connectivity index (χ2v) is 8.65. The second kappa shape index (κ2) is 10.9. The van der Waals surface area contributed by atoms with E-state index in [0.717, 1.165) is 65.7 Å². The summed E-state index contributed by atoms with van der Waals surface area (Å²) in [7, 11) is 1.79. The standard InChI is InChI=1S/C25H33N5O4/c1-15-23(22-16(2)30-34-17(22)3)28-25(29-24(15)27-19-8-10-32-11-9-19)18-6-5-7-21(12-18)33-14-20(31)13-26-4/h5-7,12,19-20,26,31H,8-11,13-14H2,1-4H3,(H,27,28,29). The first kappa shape index (κ1) is 24.1. The second-order valence-electron chi connectivity index (χ2n) is 8.65. The molecule has 2 aromatic heterocycles. The monoisotopic (exact) mass is 467 g/mol. The number of rotatable bonds is 9. The molecule has 0 spiro atoms. The number of aliphatic hydroxyl groups excluding tert-OH is 1. The van der Waals surface area contributed by atoms with Crippen LogP contribution >= 0.6 is 0 Å². The largest absolute Gasteiger partial charge is 0.491 e. The molecule has 0 bridgehead atoms. The predicted molar refractivity (Wildman–Crippen MR) is 130 cm³/mol. The zero-order valence-corrected chi connectivity index (χ0v) is 20.2. The molecule has 1 saturated heterocycles. The minimum atomic E-state index is -0.592. The summed E-state index contributed by atoms with van der Waals surface area (Å²) in [5.74, 6) is 2.74. The number of likely N-dealkylation sites (N-methyl/N-ethyl adjacent to an activating group) is 1. The molecule has 3 aromatic rings. The first-order valence-corrected chi connectivity index (χ1v) is 11.7. The fourth-order valence-electron chi connectivity index (χ4n) is 4.10. The third kappa shape index (κ3) is 5.55. The molecule has 0 amide bonds. The van der Waals surface area contributed by atoms with Gasteiger partial charge in [-0.25, -0.2) is 9.97 Å². The van der Waals surface area contributed by atoms with Gasteiger partial charge in [0, 0.05) is 36.9 Å². The van der Waals surface area contributed by atoms with Crippen molar-refractivity contribution in [2.45, 2.75) is 45.8 Å². The molecule has 9 nitrogen and oxygen atoms in total. The van der Waals surface area contributed by atoms with Gasteiger partial charge in [0.1, 0.15) is 30.0 Å². The van der Waals surface area contributed by atoms with Crippen molar-refractivity contribution in [3.05, 3.63) is 41.3 Å². The maximum atomic E-state index is 9.97. The highest BCUT2D eigenvalue weighted by Gasteiger charge is 2.22. The van der Waals surface area contributed by atoms with Gasteiger partial charge < -0.3 is 29.7 Å². The van der Waals surface area contributed by atoms with Crippen LogP contribution in [0.2, 0.25) is 0 Å². The van der Waals surface area contributed by atoms with Crippen LogP contribution in [0.3, 0.4) is 0 Å². The summed E-state index contributed by atoms with van der Waals surface area (Å²) in [5, 5.41) is 20.7. The topological polar surface area (TPSA) is 115 Å². The van der Waals surface area contributed by atoms with Crippen molar-refractivity contribution < 1.29 is 19.1 Å². The molecular weight excluding hydrogens is 434 g/mol. The molecule has 3 heterocycles. The SMILES string of the molecule is CNCC(O)COc1cccc(-c2nc(NC3CCOCC3)c(C)c(-c3c(C)noc3C)n2)c1. The van der Waals surface area contributed by atoms with Crippen molar-refractivity contribution in [2.24, 2.45) is 0 Å². The van der Waals surface area contributed by atoms with Gasteiger partial charge in [0.15, 0.2) is 5.82 Å². The Labute approximate surface area is 199 Å². The van der Waals surface area contributed by atoms with Crippen molar-refractivity contribution in [2.75, 3.05) is 38.7 Å². The fourth-order valence-corrected chi connectivity index (χ4v) is 4.10. The van der Waals surface area contributed by atoms with Crippen molar-refractivity contribution in [3.8, 4) is 28.4 Å². The molecule has 0 aliphatic carbocycles. The summed E-state index contributed by atoms with van der Waals surface area (Å²) >= 11 is 0. The Morgan fingerprint density at radius 1 is 1.18 bits per heavy atom. The van der Waals surface area contributed by atoms with Crippen molar-refractivity contribution in [1.82, 2.24) is 20.4 Å². The van der Waals surface area contributed by atoms with Gasteiger partial charge in [-0.15, -0.1) is 0 Å². The van der Waals surface area contributed by atoms with E-state index in [2.05, 4.69) is 15.8 Å². The highest BCUT2D eigenvalue weighted by Crippen LogP contribution is 2.34. The Bertz CT molecular complexity index is 1090. The van der Waals surface area contributed by atoms with Gasteiger partial charge in [0.2, 0.25) is 0 Å². The number of hydrogen-bond acceptors (Lipinski definition) is 9. The molecule has 4 rings (SSSR count). The van der Waals surface area contributed by atoms with Gasteiger partial charge in [0.05, 0.1) is 17.0 Å². The van der Waals surface area contributed by atoms with Gasteiger partial charge in [-0.3, -0.25) is 0 Å². The predicted octanol–water partition coefficient (Wildman–Crippen LogP) is 3.27. The highest BCUT2D eigenvalue weighted by atomic mass is 16.5. The Balaban J connectivity index is 1.71. The molecule has 1 aromatic carbocycles. The zero-order valence-electron chi connectivity index (χ0n) is 20.2. The van der Waals surface area contributed by atoms with Crippen LogP contribution in [-0.2, 0) is 4.74 Å². The normalized spacial score (nSPS) is 15.3. The van der Waals surface area contributed by atoms with Crippen LogP contribution in [0.4, 0.5) is 5.82 Å². The van der Waals surface area contributed by atoms with E-state index in [1.807, 2.05) is 45.0 Å². The van der Waals surface area contributed by atoms with Gasteiger partial charge in [-0.1, -0.05) is 17.3 Å². The highest BCUT2D eigenvalue weighted by molar-refractivity contribution is 5.74. The number of aliphatic hydroxyl groups is 1. The summed E-state index contributed by atoms with van der Waals surface area (Å²) in [6.07, 6.45) is 1.26. The third-order valence-electron chi connectivity index (χ3n) is 5.95. The van der Waals surface area contributed by atoms with Crippen molar-refractivity contribution in [1.29, 1.82) is 0 Å². The van der Waals surface area contributed by atoms with Crippen LogP contribution in [0.1, 0.15) is 29.9 Å². The van der Waals surface area contributed by atoms with Gasteiger partial charge >= 0.3 is 0 Å². The molecule has 1 unspecified atom stereocenters. The molecule has 1 aliphatic heterocycles. The summed E-state index contributed by atoms with van der Waals surface area (Å²) in [6.45, 7) is 7.98. The molecule has 182 valence electrons.